The number of hydrogen-bond donors (Lipinski definition) is 1. The van der Waals surface area contributed by atoms with Gasteiger partial charge in [-0.3, -0.25) is 0 Å². The second-order valence-electron chi connectivity index (χ2n) is 12.1. The molecule has 1 aliphatic rings. The molecule has 0 atom stereocenters. The summed E-state index contributed by atoms with van der Waals surface area (Å²) in [7, 11) is 1.43. The van der Waals surface area contributed by atoms with Gasteiger partial charge in [0.1, 0.15) is 5.75 Å². The first-order chi connectivity index (χ1) is 25.3. The minimum absolute atomic E-state index is 0.0331. The number of ether oxygens (including phenoxy) is 1. The molecule has 6 aromatic rings. The van der Waals surface area contributed by atoms with Crippen LogP contribution in [-0.4, -0.2) is 30.0 Å². The third-order valence-corrected chi connectivity index (χ3v) is 11.5. The number of alkyl halides is 6. The summed E-state index contributed by atoms with van der Waals surface area (Å²) < 4.78 is 103. The lowest BCUT2D eigenvalue weighted by atomic mass is 9.91. The van der Waals surface area contributed by atoms with Crippen LogP contribution in [0.4, 0.5) is 32.0 Å². The number of allylic oxidation sites excluding steroid dienone is 2. The lowest BCUT2D eigenvalue weighted by Crippen LogP contribution is -2.48. The fraction of sp³-hybridized carbons (Fsp3) is 0.122. The maximum atomic E-state index is 16.5. The molecular weight excluding hydrogens is 731 g/mol. The topological polar surface area (TPSA) is 57.6 Å². The number of aliphatic hydroxyl groups is 1. The number of methoxy groups -OCH3 is 1. The van der Waals surface area contributed by atoms with Crippen LogP contribution in [0.5, 0.6) is 5.75 Å². The van der Waals surface area contributed by atoms with Crippen molar-refractivity contribution in [2.24, 2.45) is 0 Å². The summed E-state index contributed by atoms with van der Waals surface area (Å²) in [6, 6.07) is 28.9. The van der Waals surface area contributed by atoms with Gasteiger partial charge in [-0.25, -0.2) is 4.85 Å². The molecule has 7 rings (SSSR count). The van der Waals surface area contributed by atoms with Gasteiger partial charge >= 0.3 is 17.8 Å². The molecule has 4 aromatic carbocycles. The summed E-state index contributed by atoms with van der Waals surface area (Å²) in [5.41, 5.74) is -1.38. The molecule has 0 aliphatic heterocycles. The van der Waals surface area contributed by atoms with Crippen molar-refractivity contribution in [2.75, 3.05) is 7.11 Å². The Labute approximate surface area is 307 Å². The zero-order valence-corrected chi connectivity index (χ0v) is 29.1. The number of aliphatic hydroxyl groups excluding tert-OH is 1. The zero-order chi connectivity index (χ0) is 37.7. The molecule has 53 heavy (non-hydrogen) atoms. The van der Waals surface area contributed by atoms with E-state index in [9.17, 15) is 10.4 Å². The molecule has 0 fully saturated rings. The van der Waals surface area contributed by atoms with Crippen LogP contribution in [0.25, 0.3) is 57.8 Å². The number of hydrogen-bond acceptors (Lipinski definition) is 5. The van der Waals surface area contributed by atoms with E-state index in [1.165, 1.54) is 79.9 Å². The lowest BCUT2D eigenvalue weighted by molar-refractivity contribution is -0.254. The van der Waals surface area contributed by atoms with Crippen molar-refractivity contribution in [3.8, 4) is 53.6 Å². The van der Waals surface area contributed by atoms with Crippen LogP contribution in [0, 0.1) is 17.9 Å². The Morgan fingerprint density at radius 1 is 0.679 bits per heavy atom. The predicted octanol–water partition coefficient (Wildman–Crippen LogP) is 12.2. The van der Waals surface area contributed by atoms with E-state index in [2.05, 4.69) is 4.85 Å². The fourth-order valence-corrected chi connectivity index (χ4v) is 8.56. The van der Waals surface area contributed by atoms with Gasteiger partial charge < -0.3 is 9.84 Å². The third kappa shape index (κ3) is 5.89. The molecule has 0 bridgehead atoms. The molecule has 1 N–H and O–H groups in total. The van der Waals surface area contributed by atoms with E-state index in [1.807, 2.05) is 6.07 Å². The summed E-state index contributed by atoms with van der Waals surface area (Å²) in [6.07, 6.45) is 0. The molecule has 4 nitrogen and oxygen atoms in total. The van der Waals surface area contributed by atoms with Gasteiger partial charge in [-0.2, -0.15) is 31.6 Å². The first-order valence-corrected chi connectivity index (χ1v) is 17.5. The Kier molecular flexibility index (Phi) is 9.03. The van der Waals surface area contributed by atoms with Gasteiger partial charge in [0.05, 0.1) is 31.9 Å². The summed E-state index contributed by atoms with van der Waals surface area (Å²) in [5, 5.41) is 18.9. The standard InChI is InChI=1S/C41H24F6N2O2S2/c1-49-29-15-11-26(12-16-29)34-20-32(38(53-34)28-13-17-30(51-2)18-14-28)36-35(39(42,43)41(46,47)40(36,44)45)31-19-33(25-7-3-23(21-48)4-8-25)52-37(31)27-9-5-24(22-50)6-10-27/h3-20,50H,22H2,2H3. The van der Waals surface area contributed by atoms with E-state index in [1.54, 1.807) is 36.4 Å². The molecule has 0 amide bonds. The fourth-order valence-electron chi connectivity index (χ4n) is 6.21. The Morgan fingerprint density at radius 3 is 1.53 bits per heavy atom. The van der Waals surface area contributed by atoms with Crippen molar-refractivity contribution in [1.82, 2.24) is 0 Å². The van der Waals surface area contributed by atoms with Crippen molar-refractivity contribution in [2.45, 2.75) is 24.4 Å². The van der Waals surface area contributed by atoms with Crippen LogP contribution in [0.2, 0.25) is 0 Å². The average Bonchev–Trinajstić information content (AvgIpc) is 3.84. The smallest absolute Gasteiger partial charge is 0.380 e. The van der Waals surface area contributed by atoms with Crippen molar-refractivity contribution >= 4 is 39.5 Å². The minimum atomic E-state index is -5.82. The predicted molar refractivity (Wildman–Crippen MR) is 195 cm³/mol. The number of benzene rings is 4. The van der Waals surface area contributed by atoms with Gasteiger partial charge in [-0.15, -0.1) is 22.7 Å². The highest BCUT2D eigenvalue weighted by Crippen LogP contribution is 2.67. The second-order valence-corrected chi connectivity index (χ2v) is 14.2. The minimum Gasteiger partial charge on any atom is -0.497 e. The van der Waals surface area contributed by atoms with Crippen molar-refractivity contribution in [1.29, 1.82) is 5.26 Å². The number of rotatable bonds is 8. The Morgan fingerprint density at radius 2 is 1.11 bits per heavy atom. The molecule has 12 heteroatoms. The highest BCUT2D eigenvalue weighted by Gasteiger charge is 2.80. The second kappa shape index (κ2) is 13.4. The van der Waals surface area contributed by atoms with E-state index >= 15 is 26.3 Å². The van der Waals surface area contributed by atoms with Crippen LogP contribution in [0.15, 0.2) is 109 Å². The molecule has 0 unspecified atom stereocenters. The zero-order valence-electron chi connectivity index (χ0n) is 27.4. The summed E-state index contributed by atoms with van der Waals surface area (Å²) in [4.78, 5) is 4.09. The third-order valence-electron chi connectivity index (χ3n) is 9.00. The molecule has 2 heterocycles. The Hall–Kier alpha value is -5.66. The van der Waals surface area contributed by atoms with Crippen LogP contribution in [0.3, 0.4) is 0 Å². The molecule has 0 saturated carbocycles. The van der Waals surface area contributed by atoms with Crippen molar-refractivity contribution < 1.29 is 36.2 Å². The van der Waals surface area contributed by atoms with E-state index in [4.69, 9.17) is 11.3 Å². The monoisotopic (exact) mass is 754 g/mol. The van der Waals surface area contributed by atoms with Gasteiger partial charge in [0.25, 0.3) is 0 Å². The molecule has 0 saturated heterocycles. The first-order valence-electron chi connectivity index (χ1n) is 15.8. The number of thiophene rings is 2. The molecule has 1 aliphatic carbocycles. The number of nitrogens with zero attached hydrogens (tertiary/aromatic N) is 2. The highest BCUT2D eigenvalue weighted by atomic mass is 32.1. The molecule has 264 valence electrons. The number of nitriles is 1. The quantitative estimate of drug-likeness (QED) is 0.124. The number of halogens is 6. The lowest BCUT2D eigenvalue weighted by Gasteiger charge is -2.26. The van der Waals surface area contributed by atoms with Gasteiger partial charge in [-0.05, 0) is 76.3 Å². The summed E-state index contributed by atoms with van der Waals surface area (Å²) in [6.45, 7) is 6.95. The Bertz CT molecular complexity index is 2280. The Balaban J connectivity index is 1.56. The summed E-state index contributed by atoms with van der Waals surface area (Å²) in [5.74, 6) is -16.1. The van der Waals surface area contributed by atoms with Crippen LogP contribution >= 0.6 is 22.7 Å². The largest absolute Gasteiger partial charge is 0.497 e. The van der Waals surface area contributed by atoms with E-state index in [-0.39, 0.29) is 21.9 Å². The SMILES string of the molecule is [C-]#[N+]c1ccc(-c2cc(C3=C(c4cc(-c5ccc(C#N)cc5)sc4-c4ccc(CO)cc4)C(F)(F)C(F)(F)C3(F)F)c(-c3ccc(OC)cc3)s2)cc1. The maximum Gasteiger partial charge on any atom is 0.380 e. The van der Waals surface area contributed by atoms with Gasteiger partial charge in [0.15, 0.2) is 5.69 Å². The van der Waals surface area contributed by atoms with Crippen molar-refractivity contribution in [3.05, 3.63) is 143 Å². The van der Waals surface area contributed by atoms with Crippen LogP contribution in [0.1, 0.15) is 22.3 Å². The molecular formula is C41H24F6N2O2S2. The van der Waals surface area contributed by atoms with Crippen LogP contribution in [-0.2, 0) is 6.61 Å². The normalized spacial score (nSPS) is 15.6. The maximum absolute atomic E-state index is 16.5. The molecule has 0 radical (unpaired) electrons. The summed E-state index contributed by atoms with van der Waals surface area (Å²) >= 11 is 1.91. The first kappa shape index (κ1) is 35.7. The van der Waals surface area contributed by atoms with E-state index < -0.39 is 40.0 Å². The van der Waals surface area contributed by atoms with E-state index in [0.717, 1.165) is 22.7 Å². The van der Waals surface area contributed by atoms with E-state index in [0.29, 0.717) is 49.0 Å². The van der Waals surface area contributed by atoms with Gasteiger partial charge in [0.2, 0.25) is 0 Å². The molecule has 0 spiro atoms. The van der Waals surface area contributed by atoms with Gasteiger partial charge in [0, 0.05) is 41.8 Å². The average molecular weight is 755 g/mol. The van der Waals surface area contributed by atoms with Gasteiger partial charge in [-0.1, -0.05) is 60.7 Å². The van der Waals surface area contributed by atoms with Crippen LogP contribution < -0.4 is 4.74 Å². The van der Waals surface area contributed by atoms with Crippen molar-refractivity contribution in [3.63, 3.8) is 0 Å². The highest BCUT2D eigenvalue weighted by molar-refractivity contribution is 7.19. The molecule has 2 aromatic heterocycles.